The number of hydrogen-bond acceptors (Lipinski definition) is 4. The lowest BCUT2D eigenvalue weighted by Gasteiger charge is -2.23. The number of rotatable bonds is 6. The number of Topliss-reactive ketones (excluding diaryl/α,β-unsaturated/α-hetero) is 1. The zero-order chi connectivity index (χ0) is 15.1. The first-order valence-corrected chi connectivity index (χ1v) is 7.80. The molecule has 0 amide bonds. The molecule has 2 rings (SSSR count). The number of ether oxygens (including phenoxy) is 1. The molecular weight excluding hydrogens is 266 g/mol. The number of carbonyl (C=O) groups excluding carboxylic acids is 1. The Morgan fingerprint density at radius 3 is 2.57 bits per heavy atom. The highest BCUT2D eigenvalue weighted by molar-refractivity contribution is 5.96. The second kappa shape index (κ2) is 8.15. The van der Waals surface area contributed by atoms with Crippen molar-refractivity contribution in [1.29, 1.82) is 0 Å². The Morgan fingerprint density at radius 2 is 1.90 bits per heavy atom. The van der Waals surface area contributed by atoms with Crippen LogP contribution >= 0.6 is 0 Å². The molecule has 0 bridgehead atoms. The van der Waals surface area contributed by atoms with E-state index in [2.05, 4.69) is 4.90 Å². The highest BCUT2D eigenvalue weighted by Crippen LogP contribution is 2.18. The van der Waals surface area contributed by atoms with Gasteiger partial charge >= 0.3 is 0 Å². The van der Waals surface area contributed by atoms with Gasteiger partial charge in [0, 0.05) is 6.54 Å². The Bertz CT molecular complexity index is 453. The first-order chi connectivity index (χ1) is 10.2. The van der Waals surface area contributed by atoms with Crippen LogP contribution in [0.5, 0.6) is 5.75 Å². The Balaban J connectivity index is 1.83. The number of aliphatic hydroxyl groups excluding tert-OH is 1. The van der Waals surface area contributed by atoms with Crippen molar-refractivity contribution in [3.05, 3.63) is 29.8 Å². The average molecular weight is 291 g/mol. The Morgan fingerprint density at radius 1 is 1.24 bits per heavy atom. The molecule has 0 aromatic heterocycles. The highest BCUT2D eigenvalue weighted by Gasteiger charge is 2.15. The van der Waals surface area contributed by atoms with Gasteiger partial charge < -0.3 is 14.7 Å². The number of β-amino-alcohol motifs (C(OH)–C–C–N with tert-alkyl or cyclic N) is 1. The van der Waals surface area contributed by atoms with E-state index in [1.54, 1.807) is 12.1 Å². The zero-order valence-corrected chi connectivity index (χ0v) is 12.8. The van der Waals surface area contributed by atoms with Crippen LogP contribution < -0.4 is 4.74 Å². The molecule has 1 unspecified atom stereocenters. The highest BCUT2D eigenvalue weighted by atomic mass is 16.5. The Hall–Kier alpha value is -1.39. The van der Waals surface area contributed by atoms with Crippen molar-refractivity contribution in [1.82, 2.24) is 4.90 Å². The molecule has 4 heteroatoms. The van der Waals surface area contributed by atoms with Crippen molar-refractivity contribution < 1.29 is 14.6 Å². The van der Waals surface area contributed by atoms with Gasteiger partial charge in [-0.3, -0.25) is 4.79 Å². The smallest absolute Gasteiger partial charge is 0.163 e. The molecule has 1 aromatic rings. The third-order valence-corrected chi connectivity index (χ3v) is 3.87. The number of likely N-dealkylation sites (tertiary alicyclic amines) is 1. The second-order valence-electron chi connectivity index (χ2n) is 5.73. The fraction of sp³-hybridized carbons (Fsp3) is 0.588. The second-order valence-corrected chi connectivity index (χ2v) is 5.73. The van der Waals surface area contributed by atoms with E-state index in [1.807, 2.05) is 12.1 Å². The zero-order valence-electron chi connectivity index (χ0n) is 12.8. The van der Waals surface area contributed by atoms with Gasteiger partial charge in [0.1, 0.15) is 18.5 Å². The molecule has 0 aliphatic carbocycles. The molecule has 4 nitrogen and oxygen atoms in total. The minimum atomic E-state index is -0.525. The molecule has 0 spiro atoms. The summed E-state index contributed by atoms with van der Waals surface area (Å²) in [6.45, 7) is 4.50. The van der Waals surface area contributed by atoms with Gasteiger partial charge in [-0.15, -0.1) is 0 Å². The minimum Gasteiger partial charge on any atom is -0.490 e. The van der Waals surface area contributed by atoms with Crippen molar-refractivity contribution in [2.24, 2.45) is 0 Å². The number of ketones is 1. The van der Waals surface area contributed by atoms with E-state index in [9.17, 15) is 9.90 Å². The molecule has 0 saturated carbocycles. The molecule has 1 heterocycles. The summed E-state index contributed by atoms with van der Waals surface area (Å²) >= 11 is 0. The lowest BCUT2D eigenvalue weighted by molar-refractivity contribution is 0.0686. The van der Waals surface area contributed by atoms with E-state index in [4.69, 9.17) is 4.74 Å². The summed E-state index contributed by atoms with van der Waals surface area (Å²) in [5.41, 5.74) is 0.569. The maximum absolute atomic E-state index is 11.5. The first-order valence-electron chi connectivity index (χ1n) is 7.80. The van der Waals surface area contributed by atoms with Gasteiger partial charge in [0.15, 0.2) is 5.78 Å². The van der Waals surface area contributed by atoms with Crippen molar-refractivity contribution in [3.63, 3.8) is 0 Å². The van der Waals surface area contributed by atoms with Gasteiger partial charge in [-0.25, -0.2) is 0 Å². The van der Waals surface area contributed by atoms with Gasteiger partial charge in [0.05, 0.1) is 5.56 Å². The summed E-state index contributed by atoms with van der Waals surface area (Å²) < 4.78 is 5.64. The lowest BCUT2D eigenvalue weighted by Crippen LogP contribution is -2.36. The monoisotopic (exact) mass is 291 g/mol. The van der Waals surface area contributed by atoms with Crippen molar-refractivity contribution in [3.8, 4) is 5.75 Å². The Labute approximate surface area is 126 Å². The number of benzene rings is 1. The van der Waals surface area contributed by atoms with Gasteiger partial charge in [-0.05, 0) is 45.0 Å². The number of para-hydroxylation sites is 1. The molecule has 0 radical (unpaired) electrons. The maximum atomic E-state index is 11.5. The normalized spacial score (nSPS) is 18.0. The van der Waals surface area contributed by atoms with Crippen molar-refractivity contribution in [2.45, 2.75) is 38.7 Å². The van der Waals surface area contributed by atoms with E-state index < -0.39 is 6.10 Å². The van der Waals surface area contributed by atoms with Crippen LogP contribution in [0.1, 0.15) is 43.0 Å². The van der Waals surface area contributed by atoms with Crippen LogP contribution in [-0.4, -0.2) is 48.1 Å². The molecule has 1 N–H and O–H groups in total. The van der Waals surface area contributed by atoms with E-state index in [1.165, 1.54) is 32.6 Å². The van der Waals surface area contributed by atoms with E-state index in [-0.39, 0.29) is 12.4 Å². The van der Waals surface area contributed by atoms with Crippen molar-refractivity contribution >= 4 is 5.78 Å². The molecule has 1 aliphatic rings. The predicted octanol–water partition coefficient (Wildman–Crippen LogP) is 2.50. The molecular formula is C17H25NO3. The summed E-state index contributed by atoms with van der Waals surface area (Å²) in [4.78, 5) is 13.8. The molecule has 1 atom stereocenters. The lowest BCUT2D eigenvalue weighted by atomic mass is 10.1. The molecule has 1 aliphatic heterocycles. The molecule has 116 valence electrons. The van der Waals surface area contributed by atoms with Gasteiger partial charge in [-0.1, -0.05) is 25.0 Å². The average Bonchev–Trinajstić information content (AvgIpc) is 2.74. The van der Waals surface area contributed by atoms with Crippen LogP contribution in [0.25, 0.3) is 0 Å². The summed E-state index contributed by atoms with van der Waals surface area (Å²) in [6, 6.07) is 7.18. The van der Waals surface area contributed by atoms with Gasteiger partial charge in [-0.2, -0.15) is 0 Å². The summed E-state index contributed by atoms with van der Waals surface area (Å²) in [5, 5.41) is 10.1. The largest absolute Gasteiger partial charge is 0.490 e. The number of nitrogens with zero attached hydrogens (tertiary/aromatic N) is 1. The topological polar surface area (TPSA) is 49.8 Å². The Kier molecular flexibility index (Phi) is 6.21. The SMILES string of the molecule is CC(=O)c1ccccc1OCC(O)CN1CCCCCC1. The molecule has 1 fully saturated rings. The molecule has 21 heavy (non-hydrogen) atoms. The van der Waals surface area contributed by atoms with Gasteiger partial charge in [0.2, 0.25) is 0 Å². The quantitative estimate of drug-likeness (QED) is 0.818. The van der Waals surface area contributed by atoms with E-state index in [0.717, 1.165) is 13.1 Å². The first kappa shape index (κ1) is 16.0. The third kappa shape index (κ3) is 5.14. The summed E-state index contributed by atoms with van der Waals surface area (Å²) in [7, 11) is 0. The number of aliphatic hydroxyl groups is 1. The number of hydrogen-bond donors (Lipinski definition) is 1. The fourth-order valence-corrected chi connectivity index (χ4v) is 2.74. The fourth-order valence-electron chi connectivity index (χ4n) is 2.74. The van der Waals surface area contributed by atoms with E-state index >= 15 is 0 Å². The van der Waals surface area contributed by atoms with Crippen LogP contribution in [-0.2, 0) is 0 Å². The van der Waals surface area contributed by atoms with Crippen LogP contribution in [0.3, 0.4) is 0 Å². The summed E-state index contributed by atoms with van der Waals surface area (Å²) in [5.74, 6) is 0.535. The number of carbonyl (C=O) groups is 1. The molecule has 1 saturated heterocycles. The predicted molar refractivity (Wildman–Crippen MR) is 82.9 cm³/mol. The molecule has 1 aromatic carbocycles. The van der Waals surface area contributed by atoms with Gasteiger partial charge in [0.25, 0.3) is 0 Å². The minimum absolute atomic E-state index is 0.0207. The van der Waals surface area contributed by atoms with Crippen LogP contribution in [0.15, 0.2) is 24.3 Å². The standard InChI is InChI=1S/C17H25NO3/c1-14(19)16-8-4-5-9-17(16)21-13-15(20)12-18-10-6-2-3-7-11-18/h4-5,8-9,15,20H,2-3,6-7,10-13H2,1H3. The third-order valence-electron chi connectivity index (χ3n) is 3.87. The van der Waals surface area contributed by atoms with Crippen molar-refractivity contribution in [2.75, 3.05) is 26.2 Å². The van der Waals surface area contributed by atoms with Crippen LogP contribution in [0.4, 0.5) is 0 Å². The van der Waals surface area contributed by atoms with Crippen LogP contribution in [0, 0.1) is 0 Å². The summed E-state index contributed by atoms with van der Waals surface area (Å²) in [6.07, 6.45) is 4.47. The van der Waals surface area contributed by atoms with Crippen LogP contribution in [0.2, 0.25) is 0 Å². The van der Waals surface area contributed by atoms with E-state index in [0.29, 0.717) is 17.9 Å². The maximum Gasteiger partial charge on any atom is 0.163 e.